The number of likely N-dealkylation sites (N-methyl/N-ethyl adjacent to an activating group) is 1. The van der Waals surface area contributed by atoms with Crippen molar-refractivity contribution in [3.8, 4) is 0 Å². The highest BCUT2D eigenvalue weighted by molar-refractivity contribution is 7.45. The third-order valence-electron chi connectivity index (χ3n) is 14.4. The molecule has 0 aliphatic carbocycles. The van der Waals surface area contributed by atoms with E-state index in [1.54, 1.807) is 0 Å². The molecule has 3 unspecified atom stereocenters. The molecule has 0 rings (SSSR count). The second-order valence-electron chi connectivity index (χ2n) is 23.3. The highest BCUT2D eigenvalue weighted by Gasteiger charge is 2.27. The molecule has 3 atom stereocenters. The lowest BCUT2D eigenvalue weighted by atomic mass is 10.0. The number of hydrogen-bond donors (Lipinski definition) is 1. The van der Waals surface area contributed by atoms with Gasteiger partial charge in [0.15, 0.2) is 0 Å². The van der Waals surface area contributed by atoms with Crippen LogP contribution in [-0.2, 0) is 27.9 Å². The molecule has 0 aromatic heterocycles. The van der Waals surface area contributed by atoms with Crippen LogP contribution in [0.3, 0.4) is 0 Å². The molecule has 0 radical (unpaired) electrons. The van der Waals surface area contributed by atoms with Gasteiger partial charge in [0, 0.05) is 12.8 Å². The number of rotatable bonds is 59. The SMILES string of the molecule is CCCCC/C=C\C/C=C\C/C=C\CCCCCCCCCCCCCCC(=O)OC(/C=C\CCCCCCCCCCC)C(COP(=O)([O-])OCC[N+](C)(C)C)NC(=O)CCCCC/C=C/C=C/CCCCCCCCC. The Morgan fingerprint density at radius 2 is 0.821 bits per heavy atom. The van der Waals surface area contributed by atoms with E-state index in [1.165, 1.54) is 180 Å². The standard InChI is InChI=1S/C68H125N2O7P/c1-7-10-13-16-19-22-25-27-29-31-32-33-34-35-36-37-38-39-41-43-46-49-52-55-58-61-68(72)77-66(59-56-53-50-47-44-24-21-18-15-12-9-3)65(64-76-78(73,74)75-63-62-70(4,5)6)69-67(71)60-57-54-51-48-45-42-40-30-28-26-23-20-17-14-11-8-2/h19,22,27,29-30,32-33,40,42,45,56,59,65-66H,7-18,20-21,23-26,28,31,34-39,41,43-44,46-55,57-58,60-64H2,1-6H3,(H-,69,71,73,74)/b22-19-,29-27-,33-32-,40-30+,45-42+,59-56-. The van der Waals surface area contributed by atoms with E-state index in [4.69, 9.17) is 13.8 Å². The predicted octanol–water partition coefficient (Wildman–Crippen LogP) is 19.8. The summed E-state index contributed by atoms with van der Waals surface area (Å²) in [4.78, 5) is 40.0. The summed E-state index contributed by atoms with van der Waals surface area (Å²) in [6.07, 6.45) is 74.5. The fourth-order valence-electron chi connectivity index (χ4n) is 9.29. The molecule has 1 amide bonds. The molecule has 10 heteroatoms. The maximum Gasteiger partial charge on any atom is 0.306 e. The van der Waals surface area contributed by atoms with Crippen LogP contribution in [0, 0.1) is 0 Å². The number of amides is 1. The van der Waals surface area contributed by atoms with Crippen molar-refractivity contribution in [2.45, 2.75) is 309 Å². The molecule has 0 aromatic rings. The number of quaternary nitrogens is 1. The summed E-state index contributed by atoms with van der Waals surface area (Å²) >= 11 is 0. The van der Waals surface area contributed by atoms with Gasteiger partial charge in [0.25, 0.3) is 7.82 Å². The summed E-state index contributed by atoms with van der Waals surface area (Å²) in [6.45, 7) is 6.80. The van der Waals surface area contributed by atoms with Crippen molar-refractivity contribution < 1.29 is 37.3 Å². The number of phosphoric ester groups is 1. The number of carbonyl (C=O) groups is 2. The Hall–Kier alpha value is -2.55. The number of ether oxygens (including phenoxy) is 1. The van der Waals surface area contributed by atoms with Crippen LogP contribution in [0.2, 0.25) is 0 Å². The van der Waals surface area contributed by atoms with Crippen LogP contribution in [0.15, 0.2) is 72.9 Å². The van der Waals surface area contributed by atoms with Crippen molar-refractivity contribution in [2.24, 2.45) is 0 Å². The molecule has 78 heavy (non-hydrogen) atoms. The number of unbranched alkanes of at least 4 members (excludes halogenated alkanes) is 34. The summed E-state index contributed by atoms with van der Waals surface area (Å²) in [6, 6.07) is -0.904. The minimum Gasteiger partial charge on any atom is -0.756 e. The van der Waals surface area contributed by atoms with E-state index in [2.05, 4.69) is 86.8 Å². The Morgan fingerprint density at radius 3 is 1.28 bits per heavy atom. The van der Waals surface area contributed by atoms with Crippen LogP contribution < -0.4 is 10.2 Å². The first kappa shape index (κ1) is 75.5. The monoisotopic (exact) mass is 1110 g/mol. The number of carbonyl (C=O) groups excluding carboxylic acids is 2. The Balaban J connectivity index is 5.12. The van der Waals surface area contributed by atoms with E-state index >= 15 is 0 Å². The first-order valence-corrected chi connectivity index (χ1v) is 34.2. The van der Waals surface area contributed by atoms with Crippen LogP contribution >= 0.6 is 7.82 Å². The number of phosphoric acid groups is 1. The Bertz CT molecular complexity index is 1570. The number of esters is 1. The van der Waals surface area contributed by atoms with E-state index in [-0.39, 0.29) is 31.3 Å². The van der Waals surface area contributed by atoms with Crippen LogP contribution in [0.5, 0.6) is 0 Å². The number of nitrogens with zero attached hydrogens (tertiary/aromatic N) is 1. The van der Waals surface area contributed by atoms with Gasteiger partial charge in [-0.1, -0.05) is 261 Å². The lowest BCUT2D eigenvalue weighted by molar-refractivity contribution is -0.870. The first-order valence-electron chi connectivity index (χ1n) is 32.8. The molecule has 0 aliphatic heterocycles. The van der Waals surface area contributed by atoms with E-state index in [9.17, 15) is 19.0 Å². The predicted molar refractivity (Wildman–Crippen MR) is 335 cm³/mol. The maximum absolute atomic E-state index is 13.5. The molecule has 0 saturated carbocycles. The van der Waals surface area contributed by atoms with Gasteiger partial charge in [-0.15, -0.1) is 0 Å². The van der Waals surface area contributed by atoms with E-state index < -0.39 is 26.6 Å². The molecule has 1 N–H and O–H groups in total. The summed E-state index contributed by atoms with van der Waals surface area (Å²) in [5.74, 6) is -0.570. The van der Waals surface area contributed by atoms with Gasteiger partial charge in [-0.3, -0.25) is 14.2 Å². The van der Waals surface area contributed by atoms with Gasteiger partial charge in [-0.25, -0.2) is 0 Å². The minimum absolute atomic E-state index is 0.0292. The van der Waals surface area contributed by atoms with E-state index in [0.29, 0.717) is 17.4 Å². The molecule has 0 aromatic carbocycles. The molecule has 0 heterocycles. The second-order valence-corrected chi connectivity index (χ2v) is 24.7. The second kappa shape index (κ2) is 57.7. The van der Waals surface area contributed by atoms with E-state index in [1.807, 2.05) is 33.3 Å². The van der Waals surface area contributed by atoms with Gasteiger partial charge >= 0.3 is 5.97 Å². The van der Waals surface area contributed by atoms with Crippen molar-refractivity contribution in [3.05, 3.63) is 72.9 Å². The topological polar surface area (TPSA) is 114 Å². The van der Waals surface area contributed by atoms with Crippen LogP contribution in [0.1, 0.15) is 297 Å². The molecule has 0 aliphatic rings. The average molecular weight is 1110 g/mol. The quantitative estimate of drug-likeness (QED) is 0.0161. The molecule has 454 valence electrons. The van der Waals surface area contributed by atoms with Crippen molar-refractivity contribution in [3.63, 3.8) is 0 Å². The lowest BCUT2D eigenvalue weighted by Crippen LogP contribution is -2.47. The molecule has 0 spiro atoms. The fraction of sp³-hybridized carbons (Fsp3) is 0.794. The average Bonchev–Trinajstić information content (AvgIpc) is 3.41. The highest BCUT2D eigenvalue weighted by atomic mass is 31.2. The highest BCUT2D eigenvalue weighted by Crippen LogP contribution is 2.38. The van der Waals surface area contributed by atoms with E-state index in [0.717, 1.165) is 77.0 Å². The zero-order valence-electron chi connectivity index (χ0n) is 51.9. The normalized spacial score (nSPS) is 14.1. The third kappa shape index (κ3) is 58.1. The maximum atomic E-state index is 13.5. The third-order valence-corrected chi connectivity index (χ3v) is 15.4. The Labute approximate surface area is 483 Å². The molecular weight excluding hydrogens is 988 g/mol. The summed E-state index contributed by atoms with van der Waals surface area (Å²) in [7, 11) is 1.17. The summed E-state index contributed by atoms with van der Waals surface area (Å²) in [5, 5.41) is 3.01. The first-order chi connectivity index (χ1) is 37.9. The van der Waals surface area contributed by atoms with Crippen molar-refractivity contribution >= 4 is 19.7 Å². The Morgan fingerprint density at radius 1 is 0.462 bits per heavy atom. The van der Waals surface area contributed by atoms with Gasteiger partial charge in [-0.05, 0) is 96.0 Å². The smallest absolute Gasteiger partial charge is 0.306 e. The number of allylic oxidation sites excluding steroid dienone is 11. The van der Waals surface area contributed by atoms with Crippen molar-refractivity contribution in [2.75, 3.05) is 40.9 Å². The van der Waals surface area contributed by atoms with Crippen LogP contribution in [-0.4, -0.2) is 69.4 Å². The van der Waals surface area contributed by atoms with Crippen molar-refractivity contribution in [1.29, 1.82) is 0 Å². The lowest BCUT2D eigenvalue weighted by Gasteiger charge is -2.30. The van der Waals surface area contributed by atoms with Crippen LogP contribution in [0.25, 0.3) is 0 Å². The van der Waals surface area contributed by atoms with Gasteiger partial charge in [-0.2, -0.15) is 0 Å². The number of hydrogen-bond acceptors (Lipinski definition) is 7. The molecule has 9 nitrogen and oxygen atoms in total. The molecule has 0 saturated heterocycles. The molecule has 0 bridgehead atoms. The zero-order chi connectivity index (χ0) is 57.2. The van der Waals surface area contributed by atoms with Crippen LogP contribution in [0.4, 0.5) is 0 Å². The van der Waals surface area contributed by atoms with Gasteiger partial charge in [0.05, 0.1) is 33.8 Å². The molecular formula is C68H125N2O7P. The fourth-order valence-corrected chi connectivity index (χ4v) is 10.0. The largest absolute Gasteiger partial charge is 0.756 e. The molecule has 0 fully saturated rings. The zero-order valence-corrected chi connectivity index (χ0v) is 52.8. The number of nitrogens with one attached hydrogen (secondary N) is 1. The summed E-state index contributed by atoms with van der Waals surface area (Å²) < 4.78 is 30.3. The minimum atomic E-state index is -4.71. The summed E-state index contributed by atoms with van der Waals surface area (Å²) in [5.41, 5.74) is 0. The van der Waals surface area contributed by atoms with Gasteiger partial charge in [0.1, 0.15) is 19.3 Å². The van der Waals surface area contributed by atoms with Crippen molar-refractivity contribution in [1.82, 2.24) is 5.32 Å². The van der Waals surface area contributed by atoms with Gasteiger partial charge < -0.3 is 28.5 Å². The Kier molecular flexibility index (Phi) is 55.8. The van der Waals surface area contributed by atoms with Gasteiger partial charge in [0.2, 0.25) is 5.91 Å².